The van der Waals surface area contributed by atoms with Crippen LogP contribution < -0.4 is 0 Å². The Morgan fingerprint density at radius 3 is 2.53 bits per heavy atom. The lowest BCUT2D eigenvalue weighted by Crippen LogP contribution is -1.87. The van der Waals surface area contributed by atoms with Gasteiger partial charge in [-0.25, -0.2) is 4.98 Å². The van der Waals surface area contributed by atoms with E-state index in [-0.39, 0.29) is 0 Å². The Hall–Kier alpha value is -2.19. The standard InChI is InChI=1S/C16H9ClN2/c17-14-8-6-10-5-7-13-12-4-2-1-3-11(12)9-18-16(13)15(10)19-14/h1-9H. The Balaban J connectivity index is 2.28. The first-order chi connectivity index (χ1) is 9.33. The zero-order valence-corrected chi connectivity index (χ0v) is 10.7. The predicted octanol–water partition coefficient (Wildman–Crippen LogP) is 4.59. The van der Waals surface area contributed by atoms with E-state index in [1.807, 2.05) is 24.4 Å². The van der Waals surface area contributed by atoms with E-state index in [0.29, 0.717) is 5.15 Å². The molecule has 0 aliphatic heterocycles. The molecule has 3 heteroatoms. The summed E-state index contributed by atoms with van der Waals surface area (Å²) in [5.41, 5.74) is 1.76. The molecule has 4 rings (SSSR count). The van der Waals surface area contributed by atoms with Crippen molar-refractivity contribution in [3.63, 3.8) is 0 Å². The molecule has 2 aromatic heterocycles. The topological polar surface area (TPSA) is 25.8 Å². The smallest absolute Gasteiger partial charge is 0.129 e. The summed E-state index contributed by atoms with van der Waals surface area (Å²) in [4.78, 5) is 8.97. The molecule has 0 bridgehead atoms. The third kappa shape index (κ3) is 1.57. The molecule has 2 nitrogen and oxygen atoms in total. The second kappa shape index (κ2) is 3.90. The van der Waals surface area contributed by atoms with E-state index in [1.165, 1.54) is 5.39 Å². The van der Waals surface area contributed by atoms with Crippen LogP contribution in [0.25, 0.3) is 32.6 Å². The quantitative estimate of drug-likeness (QED) is 0.343. The summed E-state index contributed by atoms with van der Waals surface area (Å²) in [6, 6.07) is 16.2. The van der Waals surface area contributed by atoms with E-state index in [1.54, 1.807) is 6.07 Å². The van der Waals surface area contributed by atoms with Crippen LogP contribution in [0.5, 0.6) is 0 Å². The molecule has 4 aromatic rings. The van der Waals surface area contributed by atoms with Crippen LogP contribution in [0.2, 0.25) is 5.15 Å². The van der Waals surface area contributed by atoms with Gasteiger partial charge < -0.3 is 0 Å². The Bertz CT molecular complexity index is 931. The first kappa shape index (κ1) is 10.7. The van der Waals surface area contributed by atoms with E-state index < -0.39 is 0 Å². The Kier molecular flexibility index (Phi) is 2.20. The second-order valence-electron chi connectivity index (χ2n) is 4.51. The highest BCUT2D eigenvalue weighted by atomic mass is 35.5. The highest BCUT2D eigenvalue weighted by molar-refractivity contribution is 6.30. The molecule has 90 valence electrons. The van der Waals surface area contributed by atoms with Gasteiger partial charge in [-0.3, -0.25) is 4.98 Å². The van der Waals surface area contributed by atoms with Gasteiger partial charge in [0.1, 0.15) is 5.15 Å². The molecule has 0 radical (unpaired) electrons. The molecule has 2 aromatic carbocycles. The number of benzene rings is 2. The van der Waals surface area contributed by atoms with Gasteiger partial charge >= 0.3 is 0 Å². The minimum atomic E-state index is 0.495. The summed E-state index contributed by atoms with van der Waals surface area (Å²) in [7, 11) is 0. The van der Waals surface area contributed by atoms with Gasteiger partial charge in [-0.15, -0.1) is 0 Å². The minimum Gasteiger partial charge on any atom is -0.253 e. The molecule has 0 amide bonds. The lowest BCUT2D eigenvalue weighted by Gasteiger charge is -2.06. The molecule has 0 aliphatic rings. The van der Waals surface area contributed by atoms with Crippen LogP contribution in [0.4, 0.5) is 0 Å². The Morgan fingerprint density at radius 1 is 0.737 bits per heavy atom. The molecular weight excluding hydrogens is 256 g/mol. The van der Waals surface area contributed by atoms with Crippen molar-refractivity contribution >= 4 is 44.2 Å². The fourth-order valence-electron chi connectivity index (χ4n) is 2.49. The van der Waals surface area contributed by atoms with Gasteiger partial charge in [0.25, 0.3) is 0 Å². The van der Waals surface area contributed by atoms with Crippen LogP contribution in [0, 0.1) is 0 Å². The summed E-state index contributed by atoms with van der Waals surface area (Å²) >= 11 is 6.00. The first-order valence-corrected chi connectivity index (χ1v) is 6.43. The molecule has 0 N–H and O–H groups in total. The molecule has 0 atom stereocenters. The van der Waals surface area contributed by atoms with Crippen LogP contribution in [0.1, 0.15) is 0 Å². The van der Waals surface area contributed by atoms with Gasteiger partial charge in [0.2, 0.25) is 0 Å². The molecule has 19 heavy (non-hydrogen) atoms. The van der Waals surface area contributed by atoms with Crippen molar-refractivity contribution in [2.24, 2.45) is 0 Å². The maximum absolute atomic E-state index is 6.00. The van der Waals surface area contributed by atoms with Crippen LogP contribution in [-0.4, -0.2) is 9.97 Å². The van der Waals surface area contributed by atoms with Crippen molar-refractivity contribution in [1.29, 1.82) is 0 Å². The van der Waals surface area contributed by atoms with Gasteiger partial charge in [0, 0.05) is 22.4 Å². The normalized spacial score (nSPS) is 11.4. The third-order valence-electron chi connectivity index (χ3n) is 3.39. The van der Waals surface area contributed by atoms with Crippen LogP contribution >= 0.6 is 11.6 Å². The number of hydrogen-bond acceptors (Lipinski definition) is 2. The molecule has 0 aliphatic carbocycles. The summed E-state index contributed by atoms with van der Waals surface area (Å²) in [5.74, 6) is 0. The average Bonchev–Trinajstić information content (AvgIpc) is 2.46. The van der Waals surface area contributed by atoms with E-state index >= 15 is 0 Å². The van der Waals surface area contributed by atoms with Crippen molar-refractivity contribution < 1.29 is 0 Å². The monoisotopic (exact) mass is 264 g/mol. The Labute approximate surface area is 114 Å². The fraction of sp³-hybridized carbons (Fsp3) is 0. The van der Waals surface area contributed by atoms with Gasteiger partial charge in [-0.2, -0.15) is 0 Å². The van der Waals surface area contributed by atoms with E-state index in [4.69, 9.17) is 11.6 Å². The van der Waals surface area contributed by atoms with Crippen molar-refractivity contribution in [2.75, 3.05) is 0 Å². The van der Waals surface area contributed by atoms with Crippen molar-refractivity contribution in [3.8, 4) is 0 Å². The maximum atomic E-state index is 6.00. The summed E-state index contributed by atoms with van der Waals surface area (Å²) in [6.07, 6.45) is 1.89. The molecule has 0 spiro atoms. The number of rotatable bonds is 0. The average molecular weight is 265 g/mol. The number of aromatic nitrogens is 2. The first-order valence-electron chi connectivity index (χ1n) is 6.06. The number of hydrogen-bond donors (Lipinski definition) is 0. The van der Waals surface area contributed by atoms with Gasteiger partial charge in [-0.05, 0) is 17.5 Å². The summed E-state index contributed by atoms with van der Waals surface area (Å²) in [6.45, 7) is 0. The molecule has 0 saturated heterocycles. The number of pyridine rings is 2. The highest BCUT2D eigenvalue weighted by Crippen LogP contribution is 2.28. The van der Waals surface area contributed by atoms with Crippen LogP contribution in [-0.2, 0) is 0 Å². The van der Waals surface area contributed by atoms with Gasteiger partial charge in [0.15, 0.2) is 0 Å². The fourth-order valence-corrected chi connectivity index (χ4v) is 2.63. The SMILES string of the molecule is Clc1ccc2ccc3c4ccccc4cnc3c2n1. The largest absolute Gasteiger partial charge is 0.253 e. The third-order valence-corrected chi connectivity index (χ3v) is 3.60. The maximum Gasteiger partial charge on any atom is 0.129 e. The van der Waals surface area contributed by atoms with E-state index in [9.17, 15) is 0 Å². The number of nitrogens with zero attached hydrogens (tertiary/aromatic N) is 2. The molecule has 0 unspecified atom stereocenters. The van der Waals surface area contributed by atoms with Gasteiger partial charge in [-0.1, -0.05) is 48.0 Å². The number of fused-ring (bicyclic) bond motifs is 5. The van der Waals surface area contributed by atoms with Gasteiger partial charge in [0.05, 0.1) is 11.0 Å². The highest BCUT2D eigenvalue weighted by Gasteiger charge is 2.06. The van der Waals surface area contributed by atoms with Crippen molar-refractivity contribution in [3.05, 3.63) is 59.9 Å². The van der Waals surface area contributed by atoms with Crippen LogP contribution in [0.3, 0.4) is 0 Å². The van der Waals surface area contributed by atoms with E-state index in [0.717, 1.165) is 27.2 Å². The summed E-state index contributed by atoms with van der Waals surface area (Å²) < 4.78 is 0. The van der Waals surface area contributed by atoms with Crippen molar-refractivity contribution in [2.45, 2.75) is 0 Å². The molecule has 2 heterocycles. The van der Waals surface area contributed by atoms with Crippen LogP contribution in [0.15, 0.2) is 54.7 Å². The Morgan fingerprint density at radius 2 is 1.58 bits per heavy atom. The predicted molar refractivity (Wildman–Crippen MR) is 79.6 cm³/mol. The zero-order valence-electron chi connectivity index (χ0n) is 9.97. The minimum absolute atomic E-state index is 0.495. The molecular formula is C16H9ClN2. The molecule has 0 saturated carbocycles. The second-order valence-corrected chi connectivity index (χ2v) is 4.90. The van der Waals surface area contributed by atoms with E-state index in [2.05, 4.69) is 34.2 Å². The lowest BCUT2D eigenvalue weighted by molar-refractivity contribution is 1.39. The number of halogens is 1. The molecule has 0 fully saturated rings. The van der Waals surface area contributed by atoms with Crippen molar-refractivity contribution in [1.82, 2.24) is 9.97 Å². The summed E-state index contributed by atoms with van der Waals surface area (Å²) in [5, 5.41) is 4.99. The zero-order chi connectivity index (χ0) is 12.8. The lowest BCUT2D eigenvalue weighted by atomic mass is 10.0.